The number of hydrogen-bond donors (Lipinski definition) is 2. The minimum absolute atomic E-state index is 0.0923. The lowest BCUT2D eigenvalue weighted by molar-refractivity contribution is 0.0936. The van der Waals surface area contributed by atoms with Crippen LogP contribution in [0.3, 0.4) is 0 Å². The topological polar surface area (TPSA) is 65.7 Å². The molecule has 6 heteroatoms. The van der Waals surface area contributed by atoms with Crippen molar-refractivity contribution < 1.29 is 14.3 Å². The van der Waals surface area contributed by atoms with Crippen LogP contribution < -0.4 is 5.32 Å². The van der Waals surface area contributed by atoms with Crippen LogP contribution in [0.25, 0.3) is 0 Å². The van der Waals surface area contributed by atoms with Crippen LogP contribution in [0, 0.1) is 0 Å². The predicted molar refractivity (Wildman–Crippen MR) is 80.6 cm³/mol. The summed E-state index contributed by atoms with van der Waals surface area (Å²) in [6.07, 6.45) is 1.59. The summed E-state index contributed by atoms with van der Waals surface area (Å²) in [6.45, 7) is 0.352. The van der Waals surface area contributed by atoms with Crippen molar-refractivity contribution in [3.8, 4) is 5.75 Å². The number of rotatable bonds is 5. The first-order valence-corrected chi connectivity index (χ1v) is 6.83. The van der Waals surface area contributed by atoms with Gasteiger partial charge in [-0.05, 0) is 44.4 Å². The van der Waals surface area contributed by atoms with E-state index in [1.807, 2.05) is 25.1 Å². The average Bonchev–Trinajstić information content (AvgIpc) is 2.95. The molecule has 5 nitrogen and oxygen atoms in total. The van der Waals surface area contributed by atoms with Crippen molar-refractivity contribution in [2.24, 2.45) is 0 Å². The van der Waals surface area contributed by atoms with Crippen LogP contribution in [-0.4, -0.2) is 36.6 Å². The highest BCUT2D eigenvalue weighted by molar-refractivity contribution is 6.31. The monoisotopic (exact) mass is 308 g/mol. The van der Waals surface area contributed by atoms with Crippen molar-refractivity contribution in [1.82, 2.24) is 10.2 Å². The Hall–Kier alpha value is -1.98. The highest BCUT2D eigenvalue weighted by atomic mass is 35.5. The Labute approximate surface area is 128 Å². The molecule has 0 spiro atoms. The third-order valence-electron chi connectivity index (χ3n) is 3.15. The standard InChI is InChI=1S/C15H17ClN2O3/c1-18(2)12(14-4-3-7-21-14)9-17-15(20)11-8-10(16)5-6-13(11)19/h3-8,12,19H,9H2,1-2H3,(H,17,20). The zero-order valence-corrected chi connectivity index (χ0v) is 12.6. The Morgan fingerprint density at radius 1 is 1.43 bits per heavy atom. The summed E-state index contributed by atoms with van der Waals surface area (Å²) < 4.78 is 5.37. The minimum atomic E-state index is -0.381. The van der Waals surface area contributed by atoms with Crippen molar-refractivity contribution in [3.05, 3.63) is 52.9 Å². The van der Waals surface area contributed by atoms with Gasteiger partial charge in [0.1, 0.15) is 11.5 Å². The Morgan fingerprint density at radius 2 is 2.19 bits per heavy atom. The van der Waals surface area contributed by atoms with E-state index >= 15 is 0 Å². The smallest absolute Gasteiger partial charge is 0.255 e. The lowest BCUT2D eigenvalue weighted by Gasteiger charge is -2.22. The number of amides is 1. The van der Waals surface area contributed by atoms with E-state index in [-0.39, 0.29) is 23.3 Å². The number of furan rings is 1. The van der Waals surface area contributed by atoms with Crippen molar-refractivity contribution in [1.29, 1.82) is 0 Å². The van der Waals surface area contributed by atoms with E-state index in [2.05, 4.69) is 5.32 Å². The van der Waals surface area contributed by atoms with E-state index in [1.165, 1.54) is 18.2 Å². The Balaban J connectivity index is 2.07. The van der Waals surface area contributed by atoms with E-state index in [0.717, 1.165) is 5.76 Å². The lowest BCUT2D eigenvalue weighted by Crippen LogP contribution is -2.34. The van der Waals surface area contributed by atoms with Gasteiger partial charge in [-0.25, -0.2) is 0 Å². The van der Waals surface area contributed by atoms with Crippen LogP contribution in [0.1, 0.15) is 22.2 Å². The van der Waals surface area contributed by atoms with E-state index in [4.69, 9.17) is 16.0 Å². The number of aromatic hydroxyl groups is 1. The first kappa shape index (κ1) is 15.4. The summed E-state index contributed by atoms with van der Waals surface area (Å²) in [7, 11) is 3.80. The van der Waals surface area contributed by atoms with Gasteiger partial charge in [0.05, 0.1) is 17.9 Å². The molecular weight excluding hydrogens is 292 g/mol. The highest BCUT2D eigenvalue weighted by Crippen LogP contribution is 2.22. The van der Waals surface area contributed by atoms with Crippen molar-refractivity contribution >= 4 is 17.5 Å². The number of hydrogen-bond acceptors (Lipinski definition) is 4. The second kappa shape index (κ2) is 6.65. The van der Waals surface area contributed by atoms with Gasteiger partial charge in [-0.15, -0.1) is 0 Å². The SMILES string of the molecule is CN(C)C(CNC(=O)c1cc(Cl)ccc1O)c1ccco1. The fourth-order valence-corrected chi connectivity index (χ4v) is 2.17. The van der Waals surface area contributed by atoms with Crippen LogP contribution in [0.2, 0.25) is 5.02 Å². The van der Waals surface area contributed by atoms with Crippen LogP contribution >= 0.6 is 11.6 Å². The van der Waals surface area contributed by atoms with E-state index in [9.17, 15) is 9.90 Å². The van der Waals surface area contributed by atoms with E-state index in [0.29, 0.717) is 11.6 Å². The van der Waals surface area contributed by atoms with Crippen LogP contribution in [0.5, 0.6) is 5.75 Å². The molecule has 0 fully saturated rings. The predicted octanol–water partition coefficient (Wildman–Crippen LogP) is 2.67. The number of nitrogens with zero attached hydrogens (tertiary/aromatic N) is 1. The zero-order valence-electron chi connectivity index (χ0n) is 11.8. The molecule has 1 atom stereocenters. The first-order chi connectivity index (χ1) is 9.99. The molecule has 1 unspecified atom stereocenters. The van der Waals surface area contributed by atoms with Gasteiger partial charge in [0.15, 0.2) is 0 Å². The third kappa shape index (κ3) is 3.77. The molecule has 0 saturated carbocycles. The van der Waals surface area contributed by atoms with Crippen molar-refractivity contribution in [3.63, 3.8) is 0 Å². The van der Waals surface area contributed by atoms with Crippen molar-refractivity contribution in [2.45, 2.75) is 6.04 Å². The Bertz CT molecular complexity index is 611. The summed E-state index contributed by atoms with van der Waals surface area (Å²) >= 11 is 5.84. The van der Waals surface area contributed by atoms with Crippen LogP contribution in [0.4, 0.5) is 0 Å². The van der Waals surface area contributed by atoms with E-state index < -0.39 is 0 Å². The number of phenols is 1. The quantitative estimate of drug-likeness (QED) is 0.891. The molecule has 2 N–H and O–H groups in total. The summed E-state index contributed by atoms with van der Waals surface area (Å²) in [5, 5.41) is 12.9. The maximum Gasteiger partial charge on any atom is 0.255 e. The average molecular weight is 309 g/mol. The normalized spacial score (nSPS) is 12.4. The molecule has 0 aliphatic carbocycles. The molecular formula is C15H17ClN2O3. The molecule has 1 amide bonds. The fraction of sp³-hybridized carbons (Fsp3) is 0.267. The van der Waals surface area contributed by atoms with Gasteiger partial charge in [0, 0.05) is 11.6 Å². The second-order valence-corrected chi connectivity index (χ2v) is 5.30. The molecule has 21 heavy (non-hydrogen) atoms. The van der Waals surface area contributed by atoms with Gasteiger partial charge in [-0.1, -0.05) is 11.6 Å². The lowest BCUT2D eigenvalue weighted by atomic mass is 10.1. The van der Waals surface area contributed by atoms with Gasteiger partial charge in [0.25, 0.3) is 5.91 Å². The number of carbonyl (C=O) groups excluding carboxylic acids is 1. The zero-order chi connectivity index (χ0) is 15.4. The molecule has 1 aromatic heterocycles. The van der Waals surface area contributed by atoms with Crippen LogP contribution in [0.15, 0.2) is 41.0 Å². The minimum Gasteiger partial charge on any atom is -0.507 e. The fourth-order valence-electron chi connectivity index (χ4n) is 1.99. The summed E-state index contributed by atoms with van der Waals surface area (Å²) in [6, 6.07) is 7.92. The Morgan fingerprint density at radius 3 is 2.81 bits per heavy atom. The highest BCUT2D eigenvalue weighted by Gasteiger charge is 2.19. The maximum atomic E-state index is 12.1. The molecule has 0 bridgehead atoms. The molecule has 112 valence electrons. The third-order valence-corrected chi connectivity index (χ3v) is 3.39. The summed E-state index contributed by atoms with van der Waals surface area (Å²) in [4.78, 5) is 14.1. The number of carbonyl (C=O) groups is 1. The molecule has 0 radical (unpaired) electrons. The Kier molecular flexibility index (Phi) is 4.88. The molecule has 0 saturated heterocycles. The van der Waals surface area contributed by atoms with Gasteiger partial charge in [0.2, 0.25) is 0 Å². The maximum absolute atomic E-state index is 12.1. The largest absolute Gasteiger partial charge is 0.507 e. The van der Waals surface area contributed by atoms with Crippen molar-refractivity contribution in [2.75, 3.05) is 20.6 Å². The van der Waals surface area contributed by atoms with Crippen LogP contribution in [-0.2, 0) is 0 Å². The van der Waals surface area contributed by atoms with Gasteiger partial charge < -0.3 is 14.8 Å². The summed E-state index contributed by atoms with van der Waals surface area (Å²) in [5.74, 6) is 0.278. The molecule has 0 aliphatic heterocycles. The number of likely N-dealkylation sites (N-methyl/N-ethyl adjacent to an activating group) is 1. The van der Waals surface area contributed by atoms with Gasteiger partial charge >= 0.3 is 0 Å². The number of phenolic OH excluding ortho intramolecular Hbond substituents is 1. The number of halogens is 1. The first-order valence-electron chi connectivity index (χ1n) is 6.45. The van der Waals surface area contributed by atoms with Gasteiger partial charge in [-0.3, -0.25) is 9.69 Å². The molecule has 2 aromatic rings. The summed E-state index contributed by atoms with van der Waals surface area (Å²) in [5.41, 5.74) is 0.152. The second-order valence-electron chi connectivity index (χ2n) is 4.87. The van der Waals surface area contributed by atoms with Gasteiger partial charge in [-0.2, -0.15) is 0 Å². The molecule has 0 aliphatic rings. The number of nitrogens with one attached hydrogen (secondary N) is 1. The van der Waals surface area contributed by atoms with E-state index in [1.54, 1.807) is 12.3 Å². The molecule has 1 aromatic carbocycles. The number of benzene rings is 1. The molecule has 1 heterocycles. The molecule has 2 rings (SSSR count).